The summed E-state index contributed by atoms with van der Waals surface area (Å²) < 4.78 is 7.00. The van der Waals surface area contributed by atoms with Crippen LogP contribution in [0.3, 0.4) is 0 Å². The van der Waals surface area contributed by atoms with Crippen molar-refractivity contribution < 1.29 is 55.4 Å². The molecule has 2 aromatic carbocycles. The summed E-state index contributed by atoms with van der Waals surface area (Å²) in [6, 6.07) is 19.1. The van der Waals surface area contributed by atoms with Gasteiger partial charge in [0, 0.05) is 17.3 Å². The van der Waals surface area contributed by atoms with Crippen LogP contribution >= 0.6 is 0 Å². The van der Waals surface area contributed by atoms with Gasteiger partial charge in [0.15, 0.2) is 8.32 Å². The van der Waals surface area contributed by atoms with Crippen molar-refractivity contribution in [2.45, 2.75) is 56.8 Å². The second-order valence-corrected chi connectivity index (χ2v) is 14.1. The topological polar surface area (TPSA) is 9.23 Å². The number of fused-ring (bicyclic) bond motifs is 2. The van der Waals surface area contributed by atoms with E-state index < -0.39 is 8.32 Å². The van der Waals surface area contributed by atoms with E-state index in [4.69, 9.17) is 4.43 Å². The van der Waals surface area contributed by atoms with Gasteiger partial charge in [0.2, 0.25) is 0 Å². The van der Waals surface area contributed by atoms with E-state index in [0.717, 1.165) is 0 Å². The van der Waals surface area contributed by atoms with Gasteiger partial charge in [-0.15, -0.1) is 0 Å². The molecule has 1 fully saturated rings. The van der Waals surface area contributed by atoms with Crippen molar-refractivity contribution in [1.82, 2.24) is 0 Å². The van der Waals surface area contributed by atoms with Crippen molar-refractivity contribution in [3.05, 3.63) is 82.9 Å². The quantitative estimate of drug-likeness (QED) is 0.509. The Kier molecular flexibility index (Phi) is 8.16. The van der Waals surface area contributed by atoms with Gasteiger partial charge in [-0.2, -0.15) is 0 Å². The number of hydrogen-bond donors (Lipinski definition) is 0. The second kappa shape index (κ2) is 9.43. The zero-order valence-electron chi connectivity index (χ0n) is 18.7. The minimum absolute atomic E-state index is 0. The van der Waals surface area contributed by atoms with Crippen LogP contribution in [0, 0.1) is 5.41 Å². The smallest absolute Gasteiger partial charge is 1.00 e. The Morgan fingerprint density at radius 1 is 0.806 bits per heavy atom. The Morgan fingerprint density at radius 3 is 1.71 bits per heavy atom. The van der Waals surface area contributed by atoms with E-state index >= 15 is 0 Å². The molecule has 0 radical (unpaired) electrons. The van der Waals surface area contributed by atoms with E-state index in [9.17, 15) is 0 Å². The van der Waals surface area contributed by atoms with Crippen LogP contribution in [0.25, 0.3) is 12.2 Å². The third-order valence-electron chi connectivity index (χ3n) is 7.50. The molecule has 1 heterocycles. The molecular formula is C26H30Cl2OSiZr. The van der Waals surface area contributed by atoms with Gasteiger partial charge in [-0.3, -0.25) is 0 Å². The molecule has 162 valence electrons. The summed E-state index contributed by atoms with van der Waals surface area (Å²) in [7, 11) is -1.65. The largest absolute Gasteiger partial charge is 2.00 e. The predicted molar refractivity (Wildman–Crippen MR) is 121 cm³/mol. The number of halogens is 2. The fourth-order valence-electron chi connectivity index (χ4n) is 6.30. The van der Waals surface area contributed by atoms with Crippen LogP contribution in [0.1, 0.15) is 54.4 Å². The molecule has 2 aromatic rings. The molecule has 0 N–H and O–H groups in total. The molecule has 1 nitrogen and oxygen atoms in total. The van der Waals surface area contributed by atoms with Crippen molar-refractivity contribution in [1.29, 1.82) is 0 Å². The maximum absolute atomic E-state index is 7.00. The standard InChI is InChI=1S/C26H30OSi.2ClH.Zr/c1-25(2)26(17-18-28(3,4)27-25,23-15-13-19-9-5-7-11-21(19)23)24-16-14-20-10-6-8-12-22(20)24;;;/h5-16,23-24H,17-18H2,1-4H3;2*1H;/q;;;+2/p-2. The fraction of sp³-hybridized carbons (Fsp3) is 0.385. The van der Waals surface area contributed by atoms with Gasteiger partial charge in [-0.05, 0) is 61.7 Å². The minimum atomic E-state index is -1.65. The molecule has 1 aliphatic heterocycles. The zero-order valence-corrected chi connectivity index (χ0v) is 23.6. The van der Waals surface area contributed by atoms with Crippen molar-refractivity contribution >= 4 is 20.5 Å². The van der Waals surface area contributed by atoms with E-state index in [1.807, 2.05) is 0 Å². The fourth-order valence-corrected chi connectivity index (χ4v) is 8.99. The molecule has 31 heavy (non-hydrogen) atoms. The molecule has 0 bridgehead atoms. The van der Waals surface area contributed by atoms with Gasteiger partial charge in [-0.25, -0.2) is 0 Å². The summed E-state index contributed by atoms with van der Waals surface area (Å²) in [5, 5.41) is 0. The summed E-state index contributed by atoms with van der Waals surface area (Å²) in [6.07, 6.45) is 10.8. The first-order valence-electron chi connectivity index (χ1n) is 10.6. The van der Waals surface area contributed by atoms with Gasteiger partial charge in [0.25, 0.3) is 0 Å². The van der Waals surface area contributed by atoms with E-state index in [2.05, 4.69) is 99.8 Å². The van der Waals surface area contributed by atoms with Crippen molar-refractivity contribution in [3.8, 4) is 0 Å². The maximum Gasteiger partial charge on any atom is 2.00 e. The third-order valence-corrected chi connectivity index (χ3v) is 10.0. The van der Waals surface area contributed by atoms with E-state index in [1.165, 1.54) is 34.7 Å². The number of hydrogen-bond acceptors (Lipinski definition) is 1. The monoisotopic (exact) mass is 546 g/mol. The van der Waals surface area contributed by atoms with E-state index in [-0.39, 0.29) is 62.0 Å². The van der Waals surface area contributed by atoms with Crippen molar-refractivity contribution in [3.63, 3.8) is 0 Å². The van der Waals surface area contributed by atoms with Gasteiger partial charge in [0.1, 0.15) is 0 Å². The number of benzene rings is 2. The van der Waals surface area contributed by atoms with Gasteiger partial charge in [0.05, 0.1) is 5.60 Å². The summed E-state index contributed by atoms with van der Waals surface area (Å²) in [5.74, 6) is 0.759. The zero-order chi connectivity index (χ0) is 19.6. The van der Waals surface area contributed by atoms with Crippen LogP contribution < -0.4 is 24.8 Å². The van der Waals surface area contributed by atoms with Crippen LogP contribution in [0.2, 0.25) is 19.1 Å². The first-order valence-corrected chi connectivity index (χ1v) is 13.7. The number of rotatable bonds is 2. The molecule has 3 aliphatic rings. The molecular weight excluding hydrogens is 519 g/mol. The Morgan fingerprint density at radius 2 is 1.26 bits per heavy atom. The first-order chi connectivity index (χ1) is 13.3. The molecule has 1 saturated heterocycles. The van der Waals surface area contributed by atoms with E-state index in [1.54, 1.807) is 0 Å². The predicted octanol–water partition coefficient (Wildman–Crippen LogP) is 1.00. The van der Waals surface area contributed by atoms with Crippen LogP contribution in [0.15, 0.2) is 60.7 Å². The molecule has 0 amide bonds. The molecule has 5 rings (SSSR count). The molecule has 5 heteroatoms. The number of allylic oxidation sites excluding steroid dienone is 2. The van der Waals surface area contributed by atoms with Gasteiger partial charge >= 0.3 is 26.2 Å². The molecule has 0 aromatic heterocycles. The summed E-state index contributed by atoms with van der Waals surface area (Å²) in [4.78, 5) is 0. The van der Waals surface area contributed by atoms with Crippen molar-refractivity contribution in [2.24, 2.45) is 5.41 Å². The average Bonchev–Trinajstić information content (AvgIpc) is 3.26. The van der Waals surface area contributed by atoms with Crippen molar-refractivity contribution in [2.75, 3.05) is 0 Å². The molecule has 2 unspecified atom stereocenters. The maximum atomic E-state index is 7.00. The Hall–Kier alpha value is -0.440. The minimum Gasteiger partial charge on any atom is -1.00 e. The Labute approximate surface area is 219 Å². The van der Waals surface area contributed by atoms with Crippen LogP contribution in [0.4, 0.5) is 0 Å². The SMILES string of the molecule is CC1(C)O[Si](C)(C)CCC1(C1C=Cc2ccccc21)C1C=Cc2ccccc21.[Cl-].[Cl-].[Zr+2]. The van der Waals surface area contributed by atoms with Crippen LogP contribution in [-0.2, 0) is 30.6 Å². The van der Waals surface area contributed by atoms with Gasteiger partial charge < -0.3 is 29.2 Å². The Bertz CT molecular complexity index is 937. The normalized spacial score (nSPS) is 28.5. The third kappa shape index (κ3) is 4.15. The summed E-state index contributed by atoms with van der Waals surface area (Å²) >= 11 is 0. The van der Waals surface area contributed by atoms with E-state index in [0.29, 0.717) is 11.8 Å². The summed E-state index contributed by atoms with van der Waals surface area (Å²) in [6.45, 7) is 9.50. The second-order valence-electron chi connectivity index (χ2n) is 9.84. The van der Waals surface area contributed by atoms with Crippen LogP contribution in [-0.4, -0.2) is 13.9 Å². The Balaban J connectivity index is 0.00000114. The summed E-state index contributed by atoms with van der Waals surface area (Å²) in [5.41, 5.74) is 5.51. The average molecular weight is 549 g/mol. The molecule has 0 spiro atoms. The van der Waals surface area contributed by atoms with Gasteiger partial charge in [-0.1, -0.05) is 72.8 Å². The first kappa shape index (κ1) is 26.8. The molecule has 2 aliphatic carbocycles. The molecule has 0 saturated carbocycles. The van der Waals surface area contributed by atoms with Crippen LogP contribution in [0.5, 0.6) is 0 Å². The molecule has 2 atom stereocenters.